The van der Waals surface area contributed by atoms with Crippen LogP contribution in [-0.2, 0) is 11.0 Å². The van der Waals surface area contributed by atoms with Crippen molar-refractivity contribution in [3.63, 3.8) is 0 Å². The summed E-state index contributed by atoms with van der Waals surface area (Å²) >= 11 is 6.14. The molecule has 6 nitrogen and oxygen atoms in total. The largest absolute Gasteiger partial charge is 0.481 e. The summed E-state index contributed by atoms with van der Waals surface area (Å²) in [5, 5.41) is 15.9. The number of hydrogen-bond acceptors (Lipinski definition) is 3. The first-order chi connectivity index (χ1) is 19.2. The molecule has 0 saturated heterocycles. The van der Waals surface area contributed by atoms with Gasteiger partial charge in [0.25, 0.3) is 5.91 Å². The van der Waals surface area contributed by atoms with Gasteiger partial charge >= 0.3 is 18.3 Å². The summed E-state index contributed by atoms with van der Waals surface area (Å²) in [6.45, 7) is -0.0803. The van der Waals surface area contributed by atoms with Crippen LogP contribution >= 0.6 is 11.6 Å². The van der Waals surface area contributed by atoms with Gasteiger partial charge in [0.1, 0.15) is 0 Å². The zero-order chi connectivity index (χ0) is 29.9. The fraction of sp³-hybridized carbons (Fsp3) is 0.250. The van der Waals surface area contributed by atoms with E-state index in [9.17, 15) is 35.9 Å². The highest BCUT2D eigenvalue weighted by atomic mass is 35.5. The van der Waals surface area contributed by atoms with E-state index in [1.54, 1.807) is 18.2 Å². The fourth-order valence-electron chi connectivity index (χ4n) is 4.37. The minimum absolute atomic E-state index is 0.0803. The lowest BCUT2D eigenvalue weighted by atomic mass is 9.99. The van der Waals surface area contributed by atoms with E-state index in [1.807, 2.05) is 0 Å². The molecule has 41 heavy (non-hydrogen) atoms. The molecule has 1 amide bonds. The van der Waals surface area contributed by atoms with Crippen LogP contribution in [0.1, 0.15) is 46.8 Å². The van der Waals surface area contributed by atoms with Crippen LogP contribution in [0.5, 0.6) is 0 Å². The van der Waals surface area contributed by atoms with Crippen LogP contribution in [0.2, 0.25) is 5.02 Å². The van der Waals surface area contributed by atoms with Gasteiger partial charge < -0.3 is 10.4 Å². The Bertz CT molecular complexity index is 1570. The molecule has 4 aromatic rings. The third-order valence-electron chi connectivity index (χ3n) is 6.38. The van der Waals surface area contributed by atoms with Gasteiger partial charge in [0.15, 0.2) is 0 Å². The number of benzene rings is 3. The van der Waals surface area contributed by atoms with Crippen LogP contribution in [0.3, 0.4) is 0 Å². The molecule has 1 heterocycles. The molecule has 1 unspecified atom stereocenters. The zero-order valence-corrected chi connectivity index (χ0v) is 21.8. The molecule has 4 rings (SSSR count). The van der Waals surface area contributed by atoms with E-state index < -0.39 is 42.3 Å². The van der Waals surface area contributed by atoms with Gasteiger partial charge in [0.05, 0.1) is 29.7 Å². The molecule has 3 aromatic carbocycles. The number of fused-ring (bicyclic) bond motifs is 1. The van der Waals surface area contributed by atoms with Crippen molar-refractivity contribution in [2.75, 3.05) is 6.54 Å². The number of nitrogens with one attached hydrogen (secondary N) is 1. The number of carbonyl (C=O) groups excluding carboxylic acids is 1. The second-order valence-corrected chi connectivity index (χ2v) is 9.65. The lowest BCUT2D eigenvalue weighted by Crippen LogP contribution is -2.26. The number of halogens is 7. The lowest BCUT2D eigenvalue weighted by Gasteiger charge is -2.21. The Morgan fingerprint density at radius 2 is 1.68 bits per heavy atom. The number of rotatable bonds is 9. The number of alkyl halides is 6. The highest BCUT2D eigenvalue weighted by Crippen LogP contribution is 2.37. The Morgan fingerprint density at radius 3 is 2.29 bits per heavy atom. The summed E-state index contributed by atoms with van der Waals surface area (Å²) in [6.07, 6.45) is -9.25. The monoisotopic (exact) mass is 597 g/mol. The standard InChI is InChI=1S/C28H22ClF6N3O3/c29-22-14-20(28(33,34)35)6-7-21(22)18-5-8-23-19(13-18)15-37-38(23)24(9-11-27(30,31)32)16-1-3-17(4-2-16)26(41)36-12-10-25(39)40/h1-8,13-15,24H,9-12H2,(H,36,41)(H,39,40). The zero-order valence-electron chi connectivity index (χ0n) is 21.1. The molecular weight excluding hydrogens is 576 g/mol. The Labute approximate surface area is 234 Å². The number of aliphatic carboxylic acids is 1. The topological polar surface area (TPSA) is 84.2 Å². The Hall–Kier alpha value is -4.06. The van der Waals surface area contributed by atoms with Crippen LogP contribution in [0.4, 0.5) is 26.3 Å². The molecule has 0 aliphatic carbocycles. The van der Waals surface area contributed by atoms with Crippen molar-refractivity contribution in [2.24, 2.45) is 0 Å². The summed E-state index contributed by atoms with van der Waals surface area (Å²) in [6, 6.07) is 12.9. The van der Waals surface area contributed by atoms with E-state index in [0.29, 0.717) is 27.6 Å². The molecule has 216 valence electrons. The Kier molecular flexibility index (Phi) is 8.62. The molecule has 0 fully saturated rings. The predicted octanol–water partition coefficient (Wildman–Crippen LogP) is 7.51. The number of nitrogens with zero attached hydrogens (tertiary/aromatic N) is 2. The third kappa shape index (κ3) is 7.37. The third-order valence-corrected chi connectivity index (χ3v) is 6.69. The summed E-state index contributed by atoms with van der Waals surface area (Å²) in [5.41, 5.74) is 1.10. The number of aromatic nitrogens is 2. The number of carboxylic acids is 1. The van der Waals surface area contributed by atoms with Gasteiger partial charge in [-0.25, -0.2) is 0 Å². The van der Waals surface area contributed by atoms with E-state index in [1.165, 1.54) is 41.2 Å². The van der Waals surface area contributed by atoms with E-state index >= 15 is 0 Å². The van der Waals surface area contributed by atoms with Crippen LogP contribution < -0.4 is 5.32 Å². The SMILES string of the molecule is O=C(O)CCNC(=O)c1ccc(C(CCC(F)(F)F)n2ncc3cc(-c4ccc(C(F)(F)F)cc4Cl)ccc32)cc1. The number of carbonyl (C=O) groups is 2. The quantitative estimate of drug-likeness (QED) is 0.196. The molecule has 0 aliphatic heterocycles. The maximum absolute atomic E-state index is 13.2. The molecular formula is C28H22ClF6N3O3. The lowest BCUT2D eigenvalue weighted by molar-refractivity contribution is -0.138. The van der Waals surface area contributed by atoms with Crippen LogP contribution in [0.15, 0.2) is 66.9 Å². The summed E-state index contributed by atoms with van der Waals surface area (Å²) in [4.78, 5) is 22.9. The first-order valence-electron chi connectivity index (χ1n) is 12.2. The van der Waals surface area contributed by atoms with E-state index in [-0.39, 0.29) is 30.0 Å². The van der Waals surface area contributed by atoms with Crippen molar-refractivity contribution in [2.45, 2.75) is 37.7 Å². The van der Waals surface area contributed by atoms with Crippen molar-refractivity contribution in [1.82, 2.24) is 15.1 Å². The fourth-order valence-corrected chi connectivity index (χ4v) is 4.66. The van der Waals surface area contributed by atoms with Crippen LogP contribution in [-0.4, -0.2) is 39.5 Å². The average molecular weight is 598 g/mol. The van der Waals surface area contributed by atoms with Crippen LogP contribution in [0.25, 0.3) is 22.0 Å². The molecule has 13 heteroatoms. The highest BCUT2D eigenvalue weighted by Gasteiger charge is 2.32. The average Bonchev–Trinajstić information content (AvgIpc) is 3.30. The second kappa shape index (κ2) is 11.8. The van der Waals surface area contributed by atoms with E-state index in [4.69, 9.17) is 16.7 Å². The van der Waals surface area contributed by atoms with Gasteiger partial charge in [-0.05, 0) is 53.9 Å². The van der Waals surface area contributed by atoms with Gasteiger partial charge in [0.2, 0.25) is 0 Å². The molecule has 0 bridgehead atoms. The molecule has 1 atom stereocenters. The minimum Gasteiger partial charge on any atom is -0.481 e. The Morgan fingerprint density at radius 1 is 0.976 bits per heavy atom. The number of amides is 1. The molecule has 0 spiro atoms. The molecule has 2 N–H and O–H groups in total. The van der Waals surface area contributed by atoms with E-state index in [2.05, 4.69) is 10.4 Å². The molecule has 0 aliphatic rings. The van der Waals surface area contributed by atoms with Crippen molar-refractivity contribution >= 4 is 34.4 Å². The maximum Gasteiger partial charge on any atom is 0.416 e. The number of hydrogen-bond donors (Lipinski definition) is 2. The van der Waals surface area contributed by atoms with Gasteiger partial charge in [0, 0.05) is 34.5 Å². The molecule has 1 aromatic heterocycles. The van der Waals surface area contributed by atoms with Gasteiger partial charge in [-0.3, -0.25) is 14.3 Å². The second-order valence-electron chi connectivity index (χ2n) is 9.25. The predicted molar refractivity (Wildman–Crippen MR) is 140 cm³/mol. The summed E-state index contributed by atoms with van der Waals surface area (Å²) < 4.78 is 80.1. The van der Waals surface area contributed by atoms with Gasteiger partial charge in [-0.15, -0.1) is 0 Å². The highest BCUT2D eigenvalue weighted by molar-refractivity contribution is 6.33. The van der Waals surface area contributed by atoms with Crippen molar-refractivity contribution in [3.8, 4) is 11.1 Å². The first kappa shape index (κ1) is 29.9. The maximum atomic E-state index is 13.2. The van der Waals surface area contributed by atoms with Crippen LogP contribution in [0, 0.1) is 0 Å². The number of carboxylic acid groups (broad SMARTS) is 1. The van der Waals surface area contributed by atoms with E-state index in [0.717, 1.165) is 12.1 Å². The first-order valence-corrected chi connectivity index (χ1v) is 12.6. The summed E-state index contributed by atoms with van der Waals surface area (Å²) in [7, 11) is 0. The normalized spacial score (nSPS) is 12.9. The van der Waals surface area contributed by atoms with Crippen molar-refractivity contribution < 1.29 is 41.0 Å². The summed E-state index contributed by atoms with van der Waals surface area (Å²) in [5.74, 6) is -1.60. The van der Waals surface area contributed by atoms with Crippen molar-refractivity contribution in [3.05, 3.63) is 88.6 Å². The Balaban J connectivity index is 1.65. The van der Waals surface area contributed by atoms with Gasteiger partial charge in [-0.1, -0.05) is 35.9 Å². The molecule has 0 radical (unpaired) electrons. The smallest absolute Gasteiger partial charge is 0.416 e. The van der Waals surface area contributed by atoms with Gasteiger partial charge in [-0.2, -0.15) is 31.4 Å². The van der Waals surface area contributed by atoms with Crippen molar-refractivity contribution in [1.29, 1.82) is 0 Å². The minimum atomic E-state index is -4.55. The molecule has 0 saturated carbocycles.